The maximum absolute atomic E-state index is 14.4. The van der Waals surface area contributed by atoms with Gasteiger partial charge in [0.2, 0.25) is 5.91 Å². The van der Waals surface area contributed by atoms with Crippen LogP contribution in [0.1, 0.15) is 30.0 Å². The van der Waals surface area contributed by atoms with E-state index in [9.17, 15) is 13.6 Å². The maximum atomic E-state index is 14.4. The number of hydrogen-bond acceptors (Lipinski definition) is 3. The summed E-state index contributed by atoms with van der Waals surface area (Å²) in [5, 5.41) is 0. The summed E-state index contributed by atoms with van der Waals surface area (Å²) >= 11 is 0. The molecule has 1 aromatic heterocycles. The van der Waals surface area contributed by atoms with E-state index in [4.69, 9.17) is 0 Å². The summed E-state index contributed by atoms with van der Waals surface area (Å²) in [6.45, 7) is 1.95. The predicted octanol–water partition coefficient (Wildman–Crippen LogP) is 3.00. The highest BCUT2D eigenvalue weighted by Crippen LogP contribution is 2.29. The number of benzene rings is 1. The van der Waals surface area contributed by atoms with E-state index in [1.165, 1.54) is 12.1 Å². The summed E-state index contributed by atoms with van der Waals surface area (Å²) < 4.78 is 27.7. The van der Waals surface area contributed by atoms with Gasteiger partial charge in [-0.05, 0) is 31.2 Å². The normalized spacial score (nSPS) is 15.8. The molecule has 6 heteroatoms. The van der Waals surface area contributed by atoms with Crippen LogP contribution in [0.15, 0.2) is 42.7 Å². The lowest BCUT2D eigenvalue weighted by Gasteiger charge is -2.30. The van der Waals surface area contributed by atoms with Crippen molar-refractivity contribution in [3.05, 3.63) is 65.5 Å². The van der Waals surface area contributed by atoms with Gasteiger partial charge >= 0.3 is 0 Å². The Labute approximate surface area is 146 Å². The highest BCUT2D eigenvalue weighted by molar-refractivity contribution is 5.78. The molecule has 1 aromatic carbocycles. The van der Waals surface area contributed by atoms with Crippen molar-refractivity contribution in [2.45, 2.75) is 18.9 Å². The molecule has 1 saturated heterocycles. The fourth-order valence-corrected chi connectivity index (χ4v) is 3.28. The number of pyridine rings is 1. The van der Waals surface area contributed by atoms with Crippen LogP contribution in [0.3, 0.4) is 0 Å². The molecule has 1 amide bonds. The molecule has 0 radical (unpaired) electrons. The van der Waals surface area contributed by atoms with Crippen LogP contribution in [-0.4, -0.2) is 47.4 Å². The first-order valence-corrected chi connectivity index (χ1v) is 8.39. The van der Waals surface area contributed by atoms with E-state index in [0.29, 0.717) is 25.1 Å². The summed E-state index contributed by atoms with van der Waals surface area (Å²) in [5.74, 6) is -1.02. The van der Waals surface area contributed by atoms with Gasteiger partial charge in [0, 0.05) is 50.1 Å². The Kier molecular flexibility index (Phi) is 5.38. The SMILES string of the molecule is CN(CCN1CCCC1=O)[C@H](c1cccnc1)c1ccc(F)cc1F. The average molecular weight is 345 g/mol. The number of carbonyl (C=O) groups is 1. The van der Waals surface area contributed by atoms with Gasteiger partial charge in [-0.1, -0.05) is 12.1 Å². The van der Waals surface area contributed by atoms with Crippen molar-refractivity contribution in [3.8, 4) is 0 Å². The smallest absolute Gasteiger partial charge is 0.222 e. The first-order chi connectivity index (χ1) is 12.1. The first kappa shape index (κ1) is 17.5. The van der Waals surface area contributed by atoms with E-state index < -0.39 is 17.7 Å². The molecule has 3 rings (SSSR count). The van der Waals surface area contributed by atoms with Gasteiger partial charge in [0.1, 0.15) is 11.6 Å². The number of rotatable bonds is 6. The molecule has 1 fully saturated rings. The monoisotopic (exact) mass is 345 g/mol. The minimum atomic E-state index is -0.600. The Morgan fingerprint density at radius 2 is 2.16 bits per heavy atom. The van der Waals surface area contributed by atoms with Gasteiger partial charge in [0.15, 0.2) is 0 Å². The zero-order valence-electron chi connectivity index (χ0n) is 14.2. The molecule has 1 aliphatic heterocycles. The molecule has 0 N–H and O–H groups in total. The standard InChI is InChI=1S/C19H21F2N3O/c1-23(10-11-24-9-3-5-18(24)25)19(14-4-2-8-22-13-14)16-7-6-15(20)12-17(16)21/h2,4,6-8,12-13,19H,3,5,9-11H2,1H3/t19-/m1/s1. The van der Waals surface area contributed by atoms with Gasteiger partial charge in [-0.2, -0.15) is 0 Å². The second-order valence-corrected chi connectivity index (χ2v) is 6.32. The minimum Gasteiger partial charge on any atom is -0.341 e. The summed E-state index contributed by atoms with van der Waals surface area (Å²) in [7, 11) is 1.88. The quantitative estimate of drug-likeness (QED) is 0.808. The van der Waals surface area contributed by atoms with Crippen molar-refractivity contribution in [2.24, 2.45) is 0 Å². The highest BCUT2D eigenvalue weighted by Gasteiger charge is 2.25. The molecule has 2 heterocycles. The van der Waals surface area contributed by atoms with Crippen LogP contribution in [0.5, 0.6) is 0 Å². The number of likely N-dealkylation sites (tertiary alicyclic amines) is 1. The van der Waals surface area contributed by atoms with Crippen LogP contribution in [0.2, 0.25) is 0 Å². The third kappa shape index (κ3) is 4.02. The van der Waals surface area contributed by atoms with E-state index >= 15 is 0 Å². The van der Waals surface area contributed by atoms with Crippen LogP contribution < -0.4 is 0 Å². The largest absolute Gasteiger partial charge is 0.341 e. The number of aromatic nitrogens is 1. The maximum Gasteiger partial charge on any atom is 0.222 e. The van der Waals surface area contributed by atoms with Crippen molar-refractivity contribution in [1.82, 2.24) is 14.8 Å². The minimum absolute atomic E-state index is 0.166. The van der Waals surface area contributed by atoms with Crippen molar-refractivity contribution in [1.29, 1.82) is 0 Å². The summed E-state index contributed by atoms with van der Waals surface area (Å²) in [5.41, 5.74) is 1.22. The zero-order chi connectivity index (χ0) is 17.8. The number of carbonyl (C=O) groups excluding carboxylic acids is 1. The van der Waals surface area contributed by atoms with Crippen LogP contribution in [-0.2, 0) is 4.79 Å². The summed E-state index contributed by atoms with van der Waals surface area (Å²) in [6, 6.07) is 6.90. The third-order valence-corrected chi connectivity index (χ3v) is 4.59. The molecular weight excluding hydrogens is 324 g/mol. The van der Waals surface area contributed by atoms with Gasteiger partial charge in [-0.25, -0.2) is 8.78 Å². The first-order valence-electron chi connectivity index (χ1n) is 8.39. The fraction of sp³-hybridized carbons (Fsp3) is 0.368. The Hall–Kier alpha value is -2.34. The van der Waals surface area contributed by atoms with E-state index in [-0.39, 0.29) is 5.91 Å². The molecule has 132 valence electrons. The topological polar surface area (TPSA) is 36.4 Å². The molecule has 1 aliphatic rings. The van der Waals surface area contributed by atoms with Crippen LogP contribution in [0, 0.1) is 11.6 Å². The van der Waals surface area contributed by atoms with Gasteiger partial charge < -0.3 is 4.90 Å². The second kappa shape index (κ2) is 7.70. The van der Waals surface area contributed by atoms with Crippen LogP contribution in [0.4, 0.5) is 8.78 Å². The van der Waals surface area contributed by atoms with E-state index in [2.05, 4.69) is 4.98 Å². The summed E-state index contributed by atoms with van der Waals surface area (Å²) in [6.07, 6.45) is 4.83. The fourth-order valence-electron chi connectivity index (χ4n) is 3.28. The molecule has 2 aromatic rings. The van der Waals surface area contributed by atoms with E-state index in [1.807, 2.05) is 22.9 Å². The lowest BCUT2D eigenvalue weighted by Crippen LogP contribution is -2.36. The molecule has 25 heavy (non-hydrogen) atoms. The van der Waals surface area contributed by atoms with Gasteiger partial charge in [0.25, 0.3) is 0 Å². The molecule has 0 aliphatic carbocycles. The van der Waals surface area contributed by atoms with Crippen molar-refractivity contribution in [2.75, 3.05) is 26.7 Å². The number of hydrogen-bond donors (Lipinski definition) is 0. The number of halogens is 2. The Balaban J connectivity index is 1.84. The average Bonchev–Trinajstić information content (AvgIpc) is 3.01. The van der Waals surface area contributed by atoms with E-state index in [0.717, 1.165) is 24.6 Å². The van der Waals surface area contributed by atoms with Gasteiger partial charge in [-0.15, -0.1) is 0 Å². The Morgan fingerprint density at radius 1 is 1.32 bits per heavy atom. The lowest BCUT2D eigenvalue weighted by molar-refractivity contribution is -0.127. The number of amides is 1. The Morgan fingerprint density at radius 3 is 2.80 bits per heavy atom. The van der Waals surface area contributed by atoms with E-state index in [1.54, 1.807) is 18.5 Å². The second-order valence-electron chi connectivity index (χ2n) is 6.32. The van der Waals surface area contributed by atoms with Crippen molar-refractivity contribution in [3.63, 3.8) is 0 Å². The number of nitrogens with zero attached hydrogens (tertiary/aromatic N) is 3. The molecule has 0 unspecified atom stereocenters. The third-order valence-electron chi connectivity index (χ3n) is 4.59. The van der Waals surface area contributed by atoms with Gasteiger partial charge in [-0.3, -0.25) is 14.7 Å². The van der Waals surface area contributed by atoms with Crippen LogP contribution >= 0.6 is 0 Å². The zero-order valence-corrected chi connectivity index (χ0v) is 14.2. The summed E-state index contributed by atoms with van der Waals surface area (Å²) in [4.78, 5) is 19.7. The molecule has 0 saturated carbocycles. The molecule has 4 nitrogen and oxygen atoms in total. The molecule has 0 bridgehead atoms. The van der Waals surface area contributed by atoms with Crippen molar-refractivity contribution < 1.29 is 13.6 Å². The highest BCUT2D eigenvalue weighted by atomic mass is 19.1. The van der Waals surface area contributed by atoms with Gasteiger partial charge in [0.05, 0.1) is 6.04 Å². The molecular formula is C19H21F2N3O. The molecule has 1 atom stereocenters. The lowest BCUT2D eigenvalue weighted by atomic mass is 9.98. The van der Waals surface area contributed by atoms with Crippen molar-refractivity contribution >= 4 is 5.91 Å². The molecule has 0 spiro atoms. The predicted molar refractivity (Wildman–Crippen MR) is 90.9 cm³/mol. The number of likely N-dealkylation sites (N-methyl/N-ethyl adjacent to an activating group) is 1. The Bertz CT molecular complexity index is 739. The van der Waals surface area contributed by atoms with Crippen LogP contribution in [0.25, 0.3) is 0 Å².